The summed E-state index contributed by atoms with van der Waals surface area (Å²) in [6.07, 6.45) is 0.667. The van der Waals surface area contributed by atoms with Gasteiger partial charge in [-0.25, -0.2) is 0 Å². The predicted molar refractivity (Wildman–Crippen MR) is 53.9 cm³/mol. The number of carboxylic acids is 1. The summed E-state index contributed by atoms with van der Waals surface area (Å²) in [5, 5.41) is 17.6. The van der Waals surface area contributed by atoms with Gasteiger partial charge in [0.25, 0.3) is 0 Å². The van der Waals surface area contributed by atoms with Gasteiger partial charge in [-0.15, -0.1) is 0 Å². The van der Waals surface area contributed by atoms with E-state index in [1.807, 2.05) is 6.92 Å². The van der Waals surface area contributed by atoms with E-state index in [0.717, 1.165) is 0 Å². The molecule has 0 heterocycles. The predicted octanol–water partition coefficient (Wildman–Crippen LogP) is 0.292. The van der Waals surface area contributed by atoms with Crippen LogP contribution in [0.2, 0.25) is 0 Å². The van der Waals surface area contributed by atoms with Gasteiger partial charge in [0, 0.05) is 17.6 Å². The lowest BCUT2D eigenvalue weighted by molar-refractivity contribution is -0.141. The first-order valence-electron chi connectivity index (χ1n) is 4.15. The summed E-state index contributed by atoms with van der Waals surface area (Å²) >= 11 is 1.47. The zero-order valence-corrected chi connectivity index (χ0v) is 8.80. The van der Waals surface area contributed by atoms with E-state index in [2.05, 4.69) is 0 Å². The average Bonchev–Trinajstić information content (AvgIpc) is 2.01. The fraction of sp³-hybridized carbons (Fsp3) is 0.875. The molecule has 0 aliphatic rings. The number of hydrogen-bond donors (Lipinski definition) is 3. The third kappa shape index (κ3) is 5.13. The molecule has 0 saturated heterocycles. The molecule has 4 N–H and O–H groups in total. The van der Waals surface area contributed by atoms with Crippen LogP contribution in [-0.2, 0) is 4.79 Å². The maximum Gasteiger partial charge on any atom is 0.324 e. The van der Waals surface area contributed by atoms with Crippen molar-refractivity contribution in [2.45, 2.75) is 31.1 Å². The molecule has 0 aromatic rings. The van der Waals surface area contributed by atoms with Crippen LogP contribution in [0.5, 0.6) is 0 Å². The molecule has 2 atom stereocenters. The zero-order valence-electron chi connectivity index (χ0n) is 7.99. The number of aliphatic hydroxyl groups is 1. The van der Waals surface area contributed by atoms with E-state index in [1.54, 1.807) is 0 Å². The van der Waals surface area contributed by atoms with Gasteiger partial charge < -0.3 is 15.9 Å². The first-order valence-corrected chi connectivity index (χ1v) is 5.19. The van der Waals surface area contributed by atoms with Crippen molar-refractivity contribution in [3.05, 3.63) is 0 Å². The van der Waals surface area contributed by atoms with Crippen LogP contribution in [0, 0.1) is 0 Å². The molecule has 4 nitrogen and oxygen atoms in total. The molecule has 0 amide bonds. The van der Waals surface area contributed by atoms with Crippen molar-refractivity contribution in [3.63, 3.8) is 0 Å². The molecule has 0 aromatic carbocycles. The molecule has 2 unspecified atom stereocenters. The van der Waals surface area contributed by atoms with Crippen molar-refractivity contribution < 1.29 is 15.0 Å². The van der Waals surface area contributed by atoms with Crippen LogP contribution >= 0.6 is 11.8 Å². The van der Waals surface area contributed by atoms with Crippen LogP contribution in [0.4, 0.5) is 0 Å². The van der Waals surface area contributed by atoms with Gasteiger partial charge in [-0.05, 0) is 13.3 Å². The minimum atomic E-state index is -1.17. The lowest BCUT2D eigenvalue weighted by Crippen LogP contribution is -2.47. The van der Waals surface area contributed by atoms with E-state index in [-0.39, 0.29) is 11.9 Å². The highest BCUT2D eigenvalue weighted by molar-refractivity contribution is 8.00. The maximum atomic E-state index is 10.6. The van der Waals surface area contributed by atoms with Crippen molar-refractivity contribution in [2.24, 2.45) is 5.73 Å². The van der Waals surface area contributed by atoms with Crippen LogP contribution in [0.3, 0.4) is 0 Å². The van der Waals surface area contributed by atoms with Crippen molar-refractivity contribution in [1.29, 1.82) is 0 Å². The largest absolute Gasteiger partial charge is 0.480 e. The van der Waals surface area contributed by atoms with Crippen LogP contribution in [0.15, 0.2) is 0 Å². The molecular formula is C8H17NO3S. The molecule has 0 rings (SSSR count). The Balaban J connectivity index is 3.80. The first kappa shape index (κ1) is 12.7. The third-order valence-electron chi connectivity index (χ3n) is 1.69. The summed E-state index contributed by atoms with van der Waals surface area (Å²) in [7, 11) is 0. The van der Waals surface area contributed by atoms with Crippen LogP contribution in [-0.4, -0.2) is 39.3 Å². The monoisotopic (exact) mass is 207 g/mol. The number of carboxylic acid groups (broad SMARTS) is 1. The van der Waals surface area contributed by atoms with Crippen LogP contribution in [0.1, 0.15) is 20.3 Å². The standard InChI is InChI=1S/C8H17NO3S/c1-6(3-4-10)13-5-8(2,9)7(11)12/h6,10H,3-5,9H2,1-2H3,(H,11,12). The van der Waals surface area contributed by atoms with Gasteiger partial charge in [0.15, 0.2) is 0 Å². The number of nitrogens with two attached hydrogens (primary N) is 1. The molecule has 0 aliphatic carbocycles. The number of aliphatic hydroxyl groups excluding tert-OH is 1. The summed E-state index contributed by atoms with van der Waals surface area (Å²) in [6, 6.07) is 0. The second-order valence-electron chi connectivity index (χ2n) is 3.36. The fourth-order valence-corrected chi connectivity index (χ4v) is 1.67. The van der Waals surface area contributed by atoms with E-state index in [0.29, 0.717) is 12.2 Å². The Morgan fingerprint density at radius 1 is 1.69 bits per heavy atom. The number of carbonyl (C=O) groups is 1. The Morgan fingerprint density at radius 3 is 2.62 bits per heavy atom. The second-order valence-corrected chi connectivity index (χ2v) is 4.78. The quantitative estimate of drug-likeness (QED) is 0.583. The molecule has 0 bridgehead atoms. The Kier molecular flexibility index (Phi) is 5.36. The van der Waals surface area contributed by atoms with Gasteiger partial charge in [-0.1, -0.05) is 6.92 Å². The fourth-order valence-electron chi connectivity index (χ4n) is 0.642. The topological polar surface area (TPSA) is 83.5 Å². The molecule has 5 heteroatoms. The first-order chi connectivity index (χ1) is 5.90. The van der Waals surface area contributed by atoms with Gasteiger partial charge in [-0.3, -0.25) is 4.79 Å². The number of aliphatic carboxylic acids is 1. The van der Waals surface area contributed by atoms with Crippen LogP contribution in [0.25, 0.3) is 0 Å². The van der Waals surface area contributed by atoms with Gasteiger partial charge in [0.2, 0.25) is 0 Å². The van der Waals surface area contributed by atoms with E-state index in [4.69, 9.17) is 15.9 Å². The molecule has 0 aliphatic heterocycles. The highest BCUT2D eigenvalue weighted by Gasteiger charge is 2.28. The second kappa shape index (κ2) is 5.47. The highest BCUT2D eigenvalue weighted by atomic mass is 32.2. The van der Waals surface area contributed by atoms with E-state index in [1.165, 1.54) is 18.7 Å². The molecular weight excluding hydrogens is 190 g/mol. The van der Waals surface area contributed by atoms with Crippen molar-refractivity contribution >= 4 is 17.7 Å². The number of thioether (sulfide) groups is 1. The van der Waals surface area contributed by atoms with Gasteiger partial charge >= 0.3 is 5.97 Å². The Labute approximate surface area is 82.5 Å². The molecule has 0 radical (unpaired) electrons. The SMILES string of the molecule is CC(CCO)SCC(C)(N)C(=O)O. The minimum absolute atomic E-state index is 0.128. The average molecular weight is 207 g/mol. The normalized spacial score (nSPS) is 17.8. The molecule has 78 valence electrons. The summed E-state index contributed by atoms with van der Waals surface area (Å²) < 4.78 is 0. The van der Waals surface area contributed by atoms with Gasteiger partial charge in [-0.2, -0.15) is 11.8 Å². The van der Waals surface area contributed by atoms with Crippen LogP contribution < -0.4 is 5.73 Å². The summed E-state index contributed by atoms with van der Waals surface area (Å²) in [5.41, 5.74) is 4.35. The lowest BCUT2D eigenvalue weighted by Gasteiger charge is -2.20. The third-order valence-corrected chi connectivity index (χ3v) is 3.26. The number of hydrogen-bond acceptors (Lipinski definition) is 4. The molecule has 13 heavy (non-hydrogen) atoms. The number of rotatable bonds is 6. The minimum Gasteiger partial charge on any atom is -0.480 e. The van der Waals surface area contributed by atoms with Gasteiger partial charge in [0.05, 0.1) is 0 Å². The van der Waals surface area contributed by atoms with Crippen molar-refractivity contribution in [2.75, 3.05) is 12.4 Å². The molecule has 0 spiro atoms. The highest BCUT2D eigenvalue weighted by Crippen LogP contribution is 2.18. The van der Waals surface area contributed by atoms with E-state index in [9.17, 15) is 4.79 Å². The summed E-state index contributed by atoms with van der Waals surface area (Å²) in [5.74, 6) is -0.625. The zero-order chi connectivity index (χ0) is 10.5. The van der Waals surface area contributed by atoms with Gasteiger partial charge in [0.1, 0.15) is 5.54 Å². The molecule has 0 fully saturated rings. The summed E-state index contributed by atoms with van der Waals surface area (Å²) in [4.78, 5) is 10.6. The molecule has 0 saturated carbocycles. The summed E-state index contributed by atoms with van der Waals surface area (Å²) in [6.45, 7) is 3.56. The molecule has 0 aromatic heterocycles. The lowest BCUT2D eigenvalue weighted by atomic mass is 10.1. The Bertz CT molecular complexity index is 173. The van der Waals surface area contributed by atoms with E-state index < -0.39 is 11.5 Å². The van der Waals surface area contributed by atoms with E-state index >= 15 is 0 Å². The van der Waals surface area contributed by atoms with Crippen molar-refractivity contribution in [1.82, 2.24) is 0 Å². The Morgan fingerprint density at radius 2 is 2.23 bits per heavy atom. The smallest absolute Gasteiger partial charge is 0.324 e. The Hall–Kier alpha value is -0.260. The van der Waals surface area contributed by atoms with Crippen molar-refractivity contribution in [3.8, 4) is 0 Å². The maximum absolute atomic E-state index is 10.6.